The van der Waals surface area contributed by atoms with Gasteiger partial charge in [-0.05, 0) is 56.9 Å². The largest absolute Gasteiger partial charge is 0.384 e. The smallest absolute Gasteiger partial charge is 0.225 e. The molecule has 5 rings (SSSR count). The Morgan fingerprint density at radius 3 is 2.85 bits per heavy atom. The highest BCUT2D eigenvalue weighted by atomic mass is 16.7. The fourth-order valence-electron chi connectivity index (χ4n) is 4.84. The molecule has 40 heavy (non-hydrogen) atoms. The van der Waals surface area contributed by atoms with Crippen molar-refractivity contribution in [3.8, 4) is 23.2 Å². The van der Waals surface area contributed by atoms with Crippen LogP contribution in [0.4, 0.5) is 0 Å². The number of carbonyl (C=O) groups is 1. The number of methoxy groups -OCH3 is 1. The Hall–Kier alpha value is -3.71. The summed E-state index contributed by atoms with van der Waals surface area (Å²) in [6.45, 7) is 5.02. The van der Waals surface area contributed by atoms with Gasteiger partial charge in [0.05, 0.1) is 19.6 Å². The van der Waals surface area contributed by atoms with Crippen molar-refractivity contribution in [2.75, 3.05) is 33.4 Å². The predicted molar refractivity (Wildman–Crippen MR) is 149 cm³/mol. The lowest BCUT2D eigenvalue weighted by Crippen LogP contribution is -2.35. The van der Waals surface area contributed by atoms with E-state index in [0.29, 0.717) is 38.4 Å². The molecule has 2 aliphatic heterocycles. The molecule has 0 aliphatic carbocycles. The average Bonchev–Trinajstić information content (AvgIpc) is 3.66. The van der Waals surface area contributed by atoms with Crippen molar-refractivity contribution in [3.05, 3.63) is 71.5 Å². The van der Waals surface area contributed by atoms with E-state index in [0.717, 1.165) is 60.5 Å². The Morgan fingerprint density at radius 2 is 2.10 bits per heavy atom. The quantitative estimate of drug-likeness (QED) is 0.360. The van der Waals surface area contributed by atoms with Crippen LogP contribution in [-0.2, 0) is 25.5 Å². The number of rotatable bonds is 9. The zero-order valence-electron chi connectivity index (χ0n) is 23.2. The Morgan fingerprint density at radius 1 is 1.23 bits per heavy atom. The van der Waals surface area contributed by atoms with E-state index in [4.69, 9.17) is 18.7 Å². The van der Waals surface area contributed by atoms with Crippen molar-refractivity contribution < 1.29 is 23.5 Å². The van der Waals surface area contributed by atoms with Crippen LogP contribution >= 0.6 is 0 Å². The summed E-state index contributed by atoms with van der Waals surface area (Å²) in [6.07, 6.45) is 9.68. The van der Waals surface area contributed by atoms with Gasteiger partial charge >= 0.3 is 0 Å². The van der Waals surface area contributed by atoms with Gasteiger partial charge in [0, 0.05) is 62.0 Å². The molecule has 9 heteroatoms. The van der Waals surface area contributed by atoms with E-state index in [1.54, 1.807) is 13.3 Å². The fraction of sp³-hybridized carbons (Fsp3) is 0.452. The van der Waals surface area contributed by atoms with Gasteiger partial charge in [-0.25, -0.2) is 4.98 Å². The van der Waals surface area contributed by atoms with Crippen LogP contribution in [0, 0.1) is 11.8 Å². The third-order valence-corrected chi connectivity index (χ3v) is 7.12. The number of carbonyl (C=O) groups excluding carboxylic acids is 1. The summed E-state index contributed by atoms with van der Waals surface area (Å²) in [5.41, 5.74) is 3.72. The second-order valence-electron chi connectivity index (χ2n) is 10.1. The Balaban J connectivity index is 1.16. The maximum Gasteiger partial charge on any atom is 0.225 e. The summed E-state index contributed by atoms with van der Waals surface area (Å²) in [6, 6.07) is 9.89. The molecule has 1 aromatic carbocycles. The lowest BCUT2D eigenvalue weighted by Gasteiger charge is -2.26. The van der Waals surface area contributed by atoms with Gasteiger partial charge in [-0.15, -0.1) is 0 Å². The van der Waals surface area contributed by atoms with Crippen LogP contribution in [0.5, 0.6) is 0 Å². The summed E-state index contributed by atoms with van der Waals surface area (Å²) in [5, 5.41) is 4.28. The fourth-order valence-corrected chi connectivity index (χ4v) is 4.84. The van der Waals surface area contributed by atoms with Crippen molar-refractivity contribution in [2.24, 2.45) is 0 Å². The highest BCUT2D eigenvalue weighted by Crippen LogP contribution is 2.25. The maximum absolute atomic E-state index is 12.1. The number of ether oxygens (including phenoxy) is 3. The lowest BCUT2D eigenvalue weighted by atomic mass is 10.1. The Bertz CT molecular complexity index is 1360. The minimum atomic E-state index is -0.190. The third kappa shape index (κ3) is 7.27. The molecule has 1 amide bonds. The first-order valence-electron chi connectivity index (χ1n) is 13.9. The lowest BCUT2D eigenvalue weighted by molar-refractivity contribution is -0.188. The summed E-state index contributed by atoms with van der Waals surface area (Å²) in [4.78, 5) is 18.5. The molecule has 1 saturated heterocycles. The molecule has 9 nitrogen and oxygen atoms in total. The maximum atomic E-state index is 12.1. The van der Waals surface area contributed by atoms with Crippen molar-refractivity contribution in [1.82, 2.24) is 19.6 Å². The summed E-state index contributed by atoms with van der Waals surface area (Å²) >= 11 is 0. The van der Waals surface area contributed by atoms with E-state index < -0.39 is 0 Å². The predicted octanol–water partition coefficient (Wildman–Crippen LogP) is 4.74. The molecule has 2 aromatic heterocycles. The molecule has 3 aromatic rings. The number of hydrogen-bond donors (Lipinski definition) is 0. The van der Waals surface area contributed by atoms with E-state index in [9.17, 15) is 4.79 Å². The van der Waals surface area contributed by atoms with E-state index in [1.165, 1.54) is 0 Å². The van der Waals surface area contributed by atoms with Gasteiger partial charge in [-0.1, -0.05) is 23.1 Å². The second kappa shape index (κ2) is 13.6. The van der Waals surface area contributed by atoms with E-state index in [2.05, 4.69) is 22.0 Å². The van der Waals surface area contributed by atoms with Gasteiger partial charge in [0.2, 0.25) is 5.91 Å². The number of hydrogen-bond acceptors (Lipinski definition) is 7. The Labute approximate surface area is 235 Å². The van der Waals surface area contributed by atoms with Gasteiger partial charge < -0.3 is 28.2 Å². The van der Waals surface area contributed by atoms with Gasteiger partial charge in [0.25, 0.3) is 0 Å². The van der Waals surface area contributed by atoms with Crippen molar-refractivity contribution in [3.63, 3.8) is 0 Å². The molecule has 1 fully saturated rings. The van der Waals surface area contributed by atoms with E-state index >= 15 is 0 Å². The molecule has 1 unspecified atom stereocenters. The van der Waals surface area contributed by atoms with Crippen LogP contribution in [-0.4, -0.2) is 65.2 Å². The van der Waals surface area contributed by atoms with Crippen molar-refractivity contribution in [1.29, 1.82) is 0 Å². The zero-order valence-corrected chi connectivity index (χ0v) is 23.2. The standard InChI is InChI=1S/C31H36N4O5/c1-23(39-30-5-3-4-19-38-30)31-32-15-18-35(31)22-27-21-28(40-33-27)26-10-8-24(9-11-26)6-7-25-12-16-34(17-13-25)29(36)14-20-37-2/h8-12,15,18,21,23,30H,3-5,13-14,16-17,19-20,22H2,1-2H3/t23-,30?/m0/s1. The minimum absolute atomic E-state index is 0.120. The van der Waals surface area contributed by atoms with Gasteiger partial charge in [-0.3, -0.25) is 4.79 Å². The number of aromatic nitrogens is 3. The van der Waals surface area contributed by atoms with E-state index in [1.807, 2.05) is 59.0 Å². The first kappa shape index (κ1) is 27.8. The molecule has 0 saturated carbocycles. The molecule has 0 radical (unpaired) electrons. The number of amides is 1. The molecule has 4 heterocycles. The normalized spacial score (nSPS) is 18.1. The molecule has 2 aliphatic rings. The van der Waals surface area contributed by atoms with Gasteiger partial charge in [-0.2, -0.15) is 0 Å². The molecule has 210 valence electrons. The van der Waals surface area contributed by atoms with E-state index in [-0.39, 0.29) is 18.3 Å². The first-order chi connectivity index (χ1) is 19.6. The van der Waals surface area contributed by atoms with Crippen LogP contribution < -0.4 is 0 Å². The number of benzene rings is 1. The van der Waals surface area contributed by atoms with Crippen LogP contribution in [0.15, 0.2) is 58.9 Å². The molecule has 0 N–H and O–H groups in total. The monoisotopic (exact) mass is 544 g/mol. The van der Waals surface area contributed by atoms with Crippen LogP contribution in [0.2, 0.25) is 0 Å². The van der Waals surface area contributed by atoms with Crippen molar-refractivity contribution >= 4 is 5.91 Å². The number of nitrogens with zero attached hydrogens (tertiary/aromatic N) is 4. The zero-order chi connectivity index (χ0) is 27.7. The third-order valence-electron chi connectivity index (χ3n) is 7.12. The molecular weight excluding hydrogens is 508 g/mol. The topological polar surface area (TPSA) is 91.9 Å². The van der Waals surface area contributed by atoms with Gasteiger partial charge in [0.1, 0.15) is 17.6 Å². The van der Waals surface area contributed by atoms with Crippen LogP contribution in [0.25, 0.3) is 11.3 Å². The summed E-state index contributed by atoms with van der Waals surface area (Å²) in [5.74, 6) is 8.14. The second-order valence-corrected chi connectivity index (χ2v) is 10.1. The Kier molecular flexibility index (Phi) is 9.45. The molecule has 0 spiro atoms. The van der Waals surface area contributed by atoms with Crippen LogP contribution in [0.1, 0.15) is 62.2 Å². The molecule has 0 bridgehead atoms. The summed E-state index contributed by atoms with van der Waals surface area (Å²) < 4.78 is 24.5. The summed E-state index contributed by atoms with van der Waals surface area (Å²) in [7, 11) is 1.61. The first-order valence-corrected chi connectivity index (χ1v) is 13.9. The number of imidazole rings is 1. The minimum Gasteiger partial charge on any atom is -0.384 e. The highest BCUT2D eigenvalue weighted by molar-refractivity contribution is 5.76. The van der Waals surface area contributed by atoms with Crippen LogP contribution in [0.3, 0.4) is 0 Å². The molecule has 2 atom stereocenters. The average molecular weight is 545 g/mol. The highest BCUT2D eigenvalue weighted by Gasteiger charge is 2.21. The van der Waals surface area contributed by atoms with Gasteiger partial charge in [0.15, 0.2) is 12.1 Å². The molecular formula is C31H36N4O5. The SMILES string of the molecule is COCCC(=O)N1CC=C(C#Cc2ccc(-c3cc(Cn4ccnc4[C@H](C)OC4CCCCO4)no3)cc2)CC1. The van der Waals surface area contributed by atoms with Crippen molar-refractivity contribution in [2.45, 2.75) is 58.0 Å².